The van der Waals surface area contributed by atoms with Gasteiger partial charge in [0.15, 0.2) is 0 Å². The molecule has 1 rings (SSSR count). The molecule has 5 heteroatoms. The van der Waals surface area contributed by atoms with Gasteiger partial charge in [0.2, 0.25) is 0 Å². The van der Waals surface area contributed by atoms with Gasteiger partial charge in [-0.05, 0) is 19.8 Å². The number of nitrogens with one attached hydrogen (secondary N) is 1. The second-order valence-corrected chi connectivity index (χ2v) is 6.22. The molecule has 0 aliphatic carbocycles. The predicted molar refractivity (Wildman–Crippen MR) is 61.1 cm³/mol. The van der Waals surface area contributed by atoms with Crippen molar-refractivity contribution in [1.82, 2.24) is 5.32 Å². The van der Waals surface area contributed by atoms with Crippen LogP contribution in [0.15, 0.2) is 0 Å². The fourth-order valence-electron chi connectivity index (χ4n) is 1.70. The van der Waals surface area contributed by atoms with Gasteiger partial charge in [0, 0.05) is 12.1 Å². The fraction of sp³-hybridized carbons (Fsp3) is 0.800. The molecular formula is C10H18N2O2S. The van der Waals surface area contributed by atoms with Gasteiger partial charge in [0.05, 0.1) is 18.1 Å². The van der Waals surface area contributed by atoms with E-state index in [1.807, 2.05) is 0 Å². The lowest BCUT2D eigenvalue weighted by Crippen LogP contribution is -2.55. The molecule has 0 aromatic carbocycles. The molecule has 0 saturated carbocycles. The minimum atomic E-state index is -2.83. The Hall–Kier alpha value is -0.570. The van der Waals surface area contributed by atoms with Crippen LogP contribution < -0.4 is 11.1 Å². The first-order valence-electron chi connectivity index (χ1n) is 5.09. The zero-order valence-corrected chi connectivity index (χ0v) is 9.86. The molecule has 1 aliphatic rings. The van der Waals surface area contributed by atoms with Crippen LogP contribution in [0.3, 0.4) is 0 Å². The van der Waals surface area contributed by atoms with Gasteiger partial charge in [-0.15, -0.1) is 5.92 Å². The van der Waals surface area contributed by atoms with Gasteiger partial charge in [-0.3, -0.25) is 5.32 Å². The van der Waals surface area contributed by atoms with Crippen molar-refractivity contribution in [2.45, 2.75) is 25.3 Å². The smallest absolute Gasteiger partial charge is 0.150 e. The molecule has 4 nitrogen and oxygen atoms in total. The average Bonchev–Trinajstić information content (AvgIpc) is 2.22. The van der Waals surface area contributed by atoms with Crippen LogP contribution in [0.25, 0.3) is 0 Å². The molecule has 1 saturated heterocycles. The minimum absolute atomic E-state index is 0.227. The second kappa shape index (κ2) is 4.97. The fourth-order valence-corrected chi connectivity index (χ4v) is 3.31. The number of nitrogens with two attached hydrogens (primary N) is 1. The van der Waals surface area contributed by atoms with Crippen LogP contribution in [0.1, 0.15) is 19.8 Å². The Labute approximate surface area is 91.5 Å². The highest BCUT2D eigenvalue weighted by molar-refractivity contribution is 7.91. The number of hydrogen-bond donors (Lipinski definition) is 2. The van der Waals surface area contributed by atoms with Gasteiger partial charge < -0.3 is 5.73 Å². The van der Waals surface area contributed by atoms with Crippen LogP contribution in [0.2, 0.25) is 0 Å². The Morgan fingerprint density at radius 1 is 1.40 bits per heavy atom. The molecule has 0 bridgehead atoms. The van der Waals surface area contributed by atoms with E-state index in [1.165, 1.54) is 0 Å². The van der Waals surface area contributed by atoms with Crippen LogP contribution in [-0.4, -0.2) is 38.6 Å². The first-order valence-corrected chi connectivity index (χ1v) is 6.91. The molecule has 1 heterocycles. The minimum Gasteiger partial charge on any atom is -0.329 e. The summed E-state index contributed by atoms with van der Waals surface area (Å²) in [6.45, 7) is 2.82. The first-order chi connectivity index (χ1) is 7.04. The summed E-state index contributed by atoms with van der Waals surface area (Å²) in [6, 6.07) is 0. The lowest BCUT2D eigenvalue weighted by Gasteiger charge is -2.36. The lowest BCUT2D eigenvalue weighted by atomic mass is 9.92. The molecule has 0 amide bonds. The second-order valence-electron chi connectivity index (χ2n) is 3.92. The molecule has 1 fully saturated rings. The first kappa shape index (κ1) is 12.5. The van der Waals surface area contributed by atoms with E-state index in [-0.39, 0.29) is 17.0 Å². The summed E-state index contributed by atoms with van der Waals surface area (Å²) >= 11 is 0. The van der Waals surface area contributed by atoms with Crippen molar-refractivity contribution in [1.29, 1.82) is 0 Å². The van der Waals surface area contributed by atoms with E-state index in [9.17, 15) is 8.42 Å². The monoisotopic (exact) mass is 230 g/mol. The number of hydrogen-bond acceptors (Lipinski definition) is 4. The maximum Gasteiger partial charge on any atom is 0.150 e. The van der Waals surface area contributed by atoms with Crippen LogP contribution in [0.5, 0.6) is 0 Å². The third-order valence-electron chi connectivity index (χ3n) is 2.90. The Balaban J connectivity index is 2.58. The van der Waals surface area contributed by atoms with Crippen LogP contribution in [0, 0.1) is 11.8 Å². The van der Waals surface area contributed by atoms with Gasteiger partial charge in [-0.1, -0.05) is 5.92 Å². The molecule has 0 unspecified atom stereocenters. The van der Waals surface area contributed by atoms with E-state index in [1.54, 1.807) is 6.92 Å². The predicted octanol–water partition coefficient (Wildman–Crippen LogP) is -0.495. The van der Waals surface area contributed by atoms with Crippen molar-refractivity contribution >= 4 is 9.84 Å². The Kier molecular flexibility index (Phi) is 4.14. The standard InChI is InChI=1S/C10H18N2O2S/c1-2-3-6-12-10(9-11)4-7-15(13,14)8-5-10/h12H,4-9,11H2,1H3. The quantitative estimate of drug-likeness (QED) is 0.642. The van der Waals surface area contributed by atoms with E-state index in [4.69, 9.17) is 5.73 Å². The molecule has 0 atom stereocenters. The maximum atomic E-state index is 11.3. The van der Waals surface area contributed by atoms with E-state index in [2.05, 4.69) is 17.2 Å². The Morgan fingerprint density at radius 2 is 2.00 bits per heavy atom. The molecule has 0 radical (unpaired) electrons. The van der Waals surface area contributed by atoms with E-state index in [0.29, 0.717) is 25.9 Å². The molecule has 0 aromatic rings. The van der Waals surface area contributed by atoms with Crippen molar-refractivity contribution < 1.29 is 8.42 Å². The maximum absolute atomic E-state index is 11.3. The molecule has 3 N–H and O–H groups in total. The molecule has 15 heavy (non-hydrogen) atoms. The van der Waals surface area contributed by atoms with Crippen LogP contribution in [0.4, 0.5) is 0 Å². The van der Waals surface area contributed by atoms with Gasteiger partial charge >= 0.3 is 0 Å². The number of sulfone groups is 1. The largest absolute Gasteiger partial charge is 0.329 e. The third-order valence-corrected chi connectivity index (χ3v) is 4.55. The van der Waals surface area contributed by atoms with Crippen molar-refractivity contribution in [2.24, 2.45) is 5.73 Å². The zero-order valence-electron chi connectivity index (χ0n) is 9.04. The highest BCUT2D eigenvalue weighted by Gasteiger charge is 2.35. The molecule has 86 valence electrons. The van der Waals surface area contributed by atoms with Crippen molar-refractivity contribution in [3.63, 3.8) is 0 Å². The summed E-state index contributed by atoms with van der Waals surface area (Å²) in [5.41, 5.74) is 5.48. The Morgan fingerprint density at radius 3 is 2.47 bits per heavy atom. The van der Waals surface area contributed by atoms with Crippen LogP contribution in [-0.2, 0) is 9.84 Å². The van der Waals surface area contributed by atoms with Gasteiger partial charge in [0.1, 0.15) is 9.84 Å². The summed E-state index contributed by atoms with van der Waals surface area (Å²) in [6.07, 6.45) is 1.19. The summed E-state index contributed by atoms with van der Waals surface area (Å²) < 4.78 is 22.6. The molecular weight excluding hydrogens is 212 g/mol. The molecule has 1 aliphatic heterocycles. The van der Waals surface area contributed by atoms with Gasteiger partial charge in [-0.25, -0.2) is 8.42 Å². The van der Waals surface area contributed by atoms with Gasteiger partial charge in [-0.2, -0.15) is 0 Å². The highest BCUT2D eigenvalue weighted by Crippen LogP contribution is 2.22. The van der Waals surface area contributed by atoms with E-state index in [0.717, 1.165) is 0 Å². The van der Waals surface area contributed by atoms with Crippen molar-refractivity contribution in [2.75, 3.05) is 24.6 Å². The summed E-state index contributed by atoms with van der Waals surface area (Å²) in [5.74, 6) is 6.17. The summed E-state index contributed by atoms with van der Waals surface area (Å²) in [5, 5.41) is 3.26. The SMILES string of the molecule is CC#CCNC1(CN)CCS(=O)(=O)CC1. The molecule has 0 spiro atoms. The van der Waals surface area contributed by atoms with E-state index >= 15 is 0 Å². The topological polar surface area (TPSA) is 72.2 Å². The van der Waals surface area contributed by atoms with Crippen molar-refractivity contribution in [3.8, 4) is 11.8 Å². The normalized spacial score (nSPS) is 22.8. The van der Waals surface area contributed by atoms with Crippen molar-refractivity contribution in [3.05, 3.63) is 0 Å². The lowest BCUT2D eigenvalue weighted by molar-refractivity contribution is 0.316. The average molecular weight is 230 g/mol. The third kappa shape index (κ3) is 3.49. The molecule has 0 aromatic heterocycles. The summed E-state index contributed by atoms with van der Waals surface area (Å²) in [7, 11) is -2.83. The number of rotatable bonds is 3. The van der Waals surface area contributed by atoms with Gasteiger partial charge in [0.25, 0.3) is 0 Å². The Bertz CT molecular complexity index is 351. The highest BCUT2D eigenvalue weighted by atomic mass is 32.2. The summed E-state index contributed by atoms with van der Waals surface area (Å²) in [4.78, 5) is 0. The van der Waals surface area contributed by atoms with E-state index < -0.39 is 9.84 Å². The zero-order chi connectivity index (χ0) is 11.4. The van der Waals surface area contributed by atoms with Crippen LogP contribution >= 0.6 is 0 Å².